The van der Waals surface area contributed by atoms with Crippen molar-refractivity contribution in [1.29, 1.82) is 0 Å². The van der Waals surface area contributed by atoms with Gasteiger partial charge in [0.1, 0.15) is 0 Å². The van der Waals surface area contributed by atoms with Crippen molar-refractivity contribution in [2.24, 2.45) is 0 Å². The number of para-hydroxylation sites is 2. The smallest absolute Gasteiger partial charge is 0.192 e. The summed E-state index contributed by atoms with van der Waals surface area (Å²) in [6, 6.07) is 17.1. The Morgan fingerprint density at radius 2 is 1.52 bits per heavy atom. The van der Waals surface area contributed by atoms with E-state index in [-0.39, 0.29) is 17.2 Å². The molecule has 156 valence electrons. The molecule has 1 aliphatic carbocycles. The molecule has 2 aliphatic rings. The largest absolute Gasteiger partial charge is 0.411 e. The zero-order valence-corrected chi connectivity index (χ0v) is 20.0. The van der Waals surface area contributed by atoms with Gasteiger partial charge in [-0.1, -0.05) is 56.8 Å². The van der Waals surface area contributed by atoms with Gasteiger partial charge in [0.2, 0.25) is 0 Å². The number of aliphatic hydroxyl groups is 1. The van der Waals surface area contributed by atoms with Crippen LogP contribution in [-0.4, -0.2) is 31.7 Å². The molecule has 1 saturated carbocycles. The molecule has 0 bridgehead atoms. The Balaban J connectivity index is 1.68. The van der Waals surface area contributed by atoms with Crippen LogP contribution in [0.5, 0.6) is 0 Å². The van der Waals surface area contributed by atoms with Crippen LogP contribution in [0.1, 0.15) is 40.0 Å². The van der Waals surface area contributed by atoms with Crippen molar-refractivity contribution < 1.29 is 9.53 Å². The Labute approximate surface area is 180 Å². The minimum atomic E-state index is -1.94. The molecule has 29 heavy (non-hydrogen) atoms. The predicted molar refractivity (Wildman–Crippen MR) is 125 cm³/mol. The molecule has 0 spiro atoms. The highest BCUT2D eigenvalue weighted by Crippen LogP contribution is 2.50. The average Bonchev–Trinajstić information content (AvgIpc) is 2.67. The fourth-order valence-corrected chi connectivity index (χ4v) is 6.61. The Morgan fingerprint density at radius 3 is 2.07 bits per heavy atom. The Kier molecular flexibility index (Phi) is 5.62. The van der Waals surface area contributed by atoms with Gasteiger partial charge in [-0.2, -0.15) is 0 Å². The van der Waals surface area contributed by atoms with Crippen molar-refractivity contribution in [2.75, 3.05) is 4.90 Å². The van der Waals surface area contributed by atoms with E-state index in [0.29, 0.717) is 0 Å². The fourth-order valence-electron chi connectivity index (χ4n) is 4.17. The van der Waals surface area contributed by atoms with Gasteiger partial charge in [0, 0.05) is 9.79 Å². The van der Waals surface area contributed by atoms with Crippen molar-refractivity contribution >= 4 is 31.5 Å². The molecule has 0 aromatic heterocycles. The topological polar surface area (TPSA) is 32.7 Å². The fraction of sp³-hybridized carbons (Fsp3) is 0.500. The van der Waals surface area contributed by atoms with Crippen LogP contribution in [0.3, 0.4) is 0 Å². The highest BCUT2D eigenvalue weighted by atomic mass is 32.2. The second-order valence-electron chi connectivity index (χ2n) is 9.81. The quantitative estimate of drug-likeness (QED) is 0.560. The van der Waals surface area contributed by atoms with E-state index in [4.69, 9.17) is 4.43 Å². The van der Waals surface area contributed by atoms with E-state index in [0.717, 1.165) is 19.3 Å². The Hall–Kier alpha value is -1.27. The molecule has 4 rings (SSSR count). The van der Waals surface area contributed by atoms with Gasteiger partial charge in [-0.15, -0.1) is 0 Å². The minimum absolute atomic E-state index is 0.0294. The first-order chi connectivity index (χ1) is 13.7. The summed E-state index contributed by atoms with van der Waals surface area (Å²) in [4.78, 5) is 4.89. The van der Waals surface area contributed by atoms with Crippen LogP contribution < -0.4 is 4.90 Å². The van der Waals surface area contributed by atoms with Gasteiger partial charge in [-0.25, -0.2) is 0 Å². The van der Waals surface area contributed by atoms with E-state index >= 15 is 0 Å². The van der Waals surface area contributed by atoms with Gasteiger partial charge in [0.15, 0.2) is 8.32 Å². The first-order valence-electron chi connectivity index (χ1n) is 10.7. The minimum Gasteiger partial charge on any atom is -0.411 e. The summed E-state index contributed by atoms with van der Waals surface area (Å²) in [5, 5.41) is 11.6. The lowest BCUT2D eigenvalue weighted by atomic mass is 9.88. The molecular weight excluding hydrogens is 394 g/mol. The summed E-state index contributed by atoms with van der Waals surface area (Å²) in [5.74, 6) is 0. The summed E-state index contributed by atoms with van der Waals surface area (Å²) in [7, 11) is -1.94. The summed E-state index contributed by atoms with van der Waals surface area (Å²) >= 11 is 1.82. The first-order valence-corrected chi connectivity index (χ1v) is 14.4. The lowest BCUT2D eigenvalue weighted by molar-refractivity contribution is -0.0132. The van der Waals surface area contributed by atoms with Gasteiger partial charge in [0.05, 0.1) is 29.6 Å². The number of aliphatic hydroxyl groups excluding tert-OH is 1. The third-order valence-electron chi connectivity index (χ3n) is 6.82. The summed E-state index contributed by atoms with van der Waals surface area (Å²) in [5.41, 5.74) is 2.40. The van der Waals surface area contributed by atoms with Crippen molar-refractivity contribution in [3.8, 4) is 0 Å². The number of nitrogens with zero attached hydrogens (tertiary/aromatic N) is 1. The van der Waals surface area contributed by atoms with E-state index < -0.39 is 14.4 Å². The predicted octanol–water partition coefficient (Wildman–Crippen LogP) is 6.59. The van der Waals surface area contributed by atoms with Gasteiger partial charge in [-0.3, -0.25) is 0 Å². The first kappa shape index (κ1) is 21.0. The molecule has 0 saturated heterocycles. The number of fused-ring (bicyclic) bond motifs is 2. The van der Waals surface area contributed by atoms with Crippen LogP contribution in [0.25, 0.3) is 0 Å². The highest BCUT2D eigenvalue weighted by Gasteiger charge is 2.45. The molecular formula is C24H33NO2SSi. The molecule has 5 heteroatoms. The third kappa shape index (κ3) is 3.90. The van der Waals surface area contributed by atoms with Crippen molar-refractivity contribution in [2.45, 2.75) is 86.2 Å². The van der Waals surface area contributed by atoms with Crippen LogP contribution in [0.4, 0.5) is 11.4 Å². The zero-order valence-electron chi connectivity index (χ0n) is 18.2. The number of anilines is 2. The molecule has 2 aromatic rings. The SMILES string of the molecule is CC(C)(C)[Si](C)(C)O[C@H]1CCC[C@H](N2c3ccccc3Sc3ccccc32)[C@H]1O. The second kappa shape index (κ2) is 7.77. The zero-order chi connectivity index (χ0) is 20.8. The van der Waals surface area contributed by atoms with Crippen molar-refractivity contribution in [1.82, 2.24) is 0 Å². The monoisotopic (exact) mass is 427 g/mol. The molecule has 3 nitrogen and oxygen atoms in total. The van der Waals surface area contributed by atoms with Gasteiger partial charge in [-0.05, 0) is 61.7 Å². The molecule has 1 heterocycles. The highest BCUT2D eigenvalue weighted by molar-refractivity contribution is 7.99. The van der Waals surface area contributed by atoms with E-state index in [9.17, 15) is 5.11 Å². The summed E-state index contributed by atoms with van der Waals surface area (Å²) in [6.45, 7) is 11.4. The number of rotatable bonds is 3. The molecule has 1 aliphatic heterocycles. The van der Waals surface area contributed by atoms with Crippen LogP contribution in [0.15, 0.2) is 58.3 Å². The summed E-state index contributed by atoms with van der Waals surface area (Å²) < 4.78 is 6.71. The number of benzene rings is 2. The molecule has 3 atom stereocenters. The second-order valence-corrected chi connectivity index (χ2v) is 15.7. The lowest BCUT2D eigenvalue weighted by Gasteiger charge is -2.48. The number of hydrogen-bond donors (Lipinski definition) is 1. The molecule has 0 radical (unpaired) electrons. The van der Waals surface area contributed by atoms with Crippen molar-refractivity contribution in [3.05, 3.63) is 48.5 Å². The van der Waals surface area contributed by atoms with E-state index in [2.05, 4.69) is 87.3 Å². The van der Waals surface area contributed by atoms with Crippen LogP contribution in [-0.2, 0) is 4.43 Å². The van der Waals surface area contributed by atoms with Crippen LogP contribution >= 0.6 is 11.8 Å². The van der Waals surface area contributed by atoms with Crippen LogP contribution in [0, 0.1) is 0 Å². The summed E-state index contributed by atoms with van der Waals surface area (Å²) in [6.07, 6.45) is 2.40. The lowest BCUT2D eigenvalue weighted by Crippen LogP contribution is -2.55. The number of hydrogen-bond acceptors (Lipinski definition) is 4. The molecule has 0 unspecified atom stereocenters. The van der Waals surface area contributed by atoms with Crippen molar-refractivity contribution in [3.63, 3.8) is 0 Å². The Bertz CT molecular complexity index is 834. The van der Waals surface area contributed by atoms with E-state index in [1.54, 1.807) is 0 Å². The van der Waals surface area contributed by atoms with Gasteiger partial charge < -0.3 is 14.4 Å². The van der Waals surface area contributed by atoms with E-state index in [1.807, 2.05) is 11.8 Å². The standard InChI is InChI=1S/C24H33NO2SSi/c1-24(2,3)29(4,5)27-20-14-10-13-19(23(20)26)25-17-11-6-8-15-21(17)28-22-16-9-7-12-18(22)25/h6-9,11-12,15-16,19-20,23,26H,10,13-14H2,1-5H3/t19-,20-,23+/m0/s1. The Morgan fingerprint density at radius 1 is 0.966 bits per heavy atom. The molecule has 1 fully saturated rings. The molecule has 1 N–H and O–H groups in total. The van der Waals surface area contributed by atoms with Crippen LogP contribution in [0.2, 0.25) is 18.1 Å². The van der Waals surface area contributed by atoms with E-state index in [1.165, 1.54) is 21.2 Å². The van der Waals surface area contributed by atoms with Gasteiger partial charge in [0.25, 0.3) is 0 Å². The maximum atomic E-state index is 11.5. The third-order valence-corrected chi connectivity index (χ3v) is 12.5. The van der Waals surface area contributed by atoms with Gasteiger partial charge >= 0.3 is 0 Å². The molecule has 0 amide bonds. The normalized spacial score (nSPS) is 24.8. The maximum absolute atomic E-state index is 11.5. The molecule has 2 aromatic carbocycles. The average molecular weight is 428 g/mol. The maximum Gasteiger partial charge on any atom is 0.192 e.